The van der Waals surface area contributed by atoms with Gasteiger partial charge in [0.15, 0.2) is 0 Å². The second-order valence-corrected chi connectivity index (χ2v) is 8.80. The summed E-state index contributed by atoms with van der Waals surface area (Å²) >= 11 is 0. The topological polar surface area (TPSA) is 69.6 Å². The van der Waals surface area contributed by atoms with Gasteiger partial charge < -0.3 is 10.2 Å². The first-order valence-electron chi connectivity index (χ1n) is 8.35. The lowest BCUT2D eigenvalue weighted by molar-refractivity contribution is -0.139. The Hall–Kier alpha value is -1.81. The van der Waals surface area contributed by atoms with E-state index in [2.05, 4.69) is 53.4 Å². The van der Waals surface area contributed by atoms with E-state index in [0.29, 0.717) is 12.3 Å². The van der Waals surface area contributed by atoms with Crippen molar-refractivity contribution in [2.45, 2.75) is 64.3 Å². The van der Waals surface area contributed by atoms with Gasteiger partial charge in [0.25, 0.3) is 0 Å². The molecule has 0 amide bonds. The molecule has 1 aromatic carbocycles. The Labute approximate surface area is 144 Å². The number of aromatic hydroxyl groups is 1. The molecular weight excluding hydrogens is 302 g/mol. The van der Waals surface area contributed by atoms with Gasteiger partial charge in [0.2, 0.25) is 0 Å². The van der Waals surface area contributed by atoms with Crippen LogP contribution in [0.1, 0.15) is 64.2 Å². The quantitative estimate of drug-likeness (QED) is 0.723. The maximum atomic E-state index is 11.6. The Morgan fingerprint density at radius 3 is 1.96 bits per heavy atom. The van der Waals surface area contributed by atoms with E-state index < -0.39 is 12.0 Å². The molecule has 0 saturated carbocycles. The maximum Gasteiger partial charge on any atom is 0.321 e. The first-order valence-corrected chi connectivity index (χ1v) is 8.35. The summed E-state index contributed by atoms with van der Waals surface area (Å²) in [4.78, 5) is 11.6. The Morgan fingerprint density at radius 2 is 1.58 bits per heavy atom. The number of carboxylic acid groups (broad SMARTS) is 1. The summed E-state index contributed by atoms with van der Waals surface area (Å²) in [6.07, 6.45) is 0. The van der Waals surface area contributed by atoms with Gasteiger partial charge in [-0.25, -0.2) is 0 Å². The fourth-order valence-electron chi connectivity index (χ4n) is 3.34. The Balaban J connectivity index is 2.71. The van der Waals surface area contributed by atoms with Crippen LogP contribution in [-0.2, 0) is 15.6 Å². The molecule has 1 aromatic rings. The minimum absolute atomic E-state index is 0.244. The van der Waals surface area contributed by atoms with E-state index in [1.165, 1.54) is 0 Å². The summed E-state index contributed by atoms with van der Waals surface area (Å²) < 4.78 is 0. The Kier molecular flexibility index (Phi) is 4.57. The molecule has 132 valence electrons. The summed E-state index contributed by atoms with van der Waals surface area (Å²) in [6, 6.07) is 3.22. The molecule has 0 aromatic heterocycles. The van der Waals surface area contributed by atoms with Gasteiger partial charge in [-0.3, -0.25) is 10.1 Å². The lowest BCUT2D eigenvalue weighted by Crippen LogP contribution is -2.34. The first kappa shape index (κ1) is 18.5. The van der Waals surface area contributed by atoms with Crippen molar-refractivity contribution in [3.8, 4) is 5.75 Å². The summed E-state index contributed by atoms with van der Waals surface area (Å²) in [5, 5.41) is 23.4. The molecule has 0 aliphatic carbocycles. The number of carbonyl (C=O) groups is 1. The fourth-order valence-corrected chi connectivity index (χ4v) is 3.34. The number of benzene rings is 1. The van der Waals surface area contributed by atoms with Crippen LogP contribution >= 0.6 is 0 Å². The third kappa shape index (κ3) is 3.34. The van der Waals surface area contributed by atoms with Gasteiger partial charge in [-0.1, -0.05) is 65.8 Å². The first-order chi connectivity index (χ1) is 10.8. The van der Waals surface area contributed by atoms with Crippen LogP contribution in [0.3, 0.4) is 0 Å². The summed E-state index contributed by atoms with van der Waals surface area (Å²) in [6.45, 7) is 16.9. The van der Waals surface area contributed by atoms with Crippen molar-refractivity contribution in [1.29, 1.82) is 0 Å². The number of phenolic OH excluding ortho intramolecular Hbond substituents is 1. The average Bonchev–Trinajstić information content (AvgIpc) is 2.78. The van der Waals surface area contributed by atoms with Crippen LogP contribution in [0.2, 0.25) is 0 Å². The predicted molar refractivity (Wildman–Crippen MR) is 96.8 cm³/mol. The SMILES string of the molecule is C=C1CN[C@H](C(=O)O)C1c1cc(C(C)(C)C)c(O)c(C(C)(C)C)c1. The van der Waals surface area contributed by atoms with Crippen LogP contribution in [0.4, 0.5) is 0 Å². The highest BCUT2D eigenvalue weighted by Crippen LogP contribution is 2.43. The van der Waals surface area contributed by atoms with E-state index in [1.54, 1.807) is 0 Å². The van der Waals surface area contributed by atoms with Crippen molar-refractivity contribution in [3.63, 3.8) is 0 Å². The van der Waals surface area contributed by atoms with E-state index in [-0.39, 0.29) is 16.7 Å². The summed E-state index contributed by atoms with van der Waals surface area (Å²) in [5.74, 6) is -0.853. The predicted octanol–water partition coefficient (Wildman–Crippen LogP) is 3.68. The van der Waals surface area contributed by atoms with Crippen LogP contribution in [0.25, 0.3) is 0 Å². The second kappa shape index (κ2) is 5.92. The highest BCUT2D eigenvalue weighted by Gasteiger charge is 2.38. The minimum Gasteiger partial charge on any atom is -0.507 e. The zero-order valence-corrected chi connectivity index (χ0v) is 15.5. The highest BCUT2D eigenvalue weighted by atomic mass is 16.4. The molecular formula is C20H29NO3. The number of carboxylic acids is 1. The van der Waals surface area contributed by atoms with Crippen molar-refractivity contribution in [2.24, 2.45) is 0 Å². The largest absolute Gasteiger partial charge is 0.507 e. The summed E-state index contributed by atoms with van der Waals surface area (Å²) in [7, 11) is 0. The van der Waals surface area contributed by atoms with Crippen LogP contribution in [0, 0.1) is 0 Å². The van der Waals surface area contributed by atoms with Crippen LogP contribution in [0.15, 0.2) is 24.3 Å². The van der Waals surface area contributed by atoms with E-state index in [0.717, 1.165) is 22.3 Å². The van der Waals surface area contributed by atoms with Gasteiger partial charge in [0.1, 0.15) is 11.8 Å². The van der Waals surface area contributed by atoms with Gasteiger partial charge in [0.05, 0.1) is 0 Å². The lowest BCUT2D eigenvalue weighted by atomic mass is 9.76. The van der Waals surface area contributed by atoms with Crippen molar-refractivity contribution >= 4 is 5.97 Å². The molecule has 2 rings (SSSR count). The van der Waals surface area contributed by atoms with Crippen LogP contribution in [-0.4, -0.2) is 28.8 Å². The Morgan fingerprint density at radius 1 is 1.12 bits per heavy atom. The van der Waals surface area contributed by atoms with Crippen molar-refractivity contribution in [1.82, 2.24) is 5.32 Å². The monoisotopic (exact) mass is 331 g/mol. The third-order valence-corrected chi connectivity index (χ3v) is 4.70. The molecule has 2 atom stereocenters. The molecule has 24 heavy (non-hydrogen) atoms. The van der Waals surface area contributed by atoms with Gasteiger partial charge in [-0.05, 0) is 27.5 Å². The molecule has 1 fully saturated rings. The molecule has 4 heteroatoms. The molecule has 1 unspecified atom stereocenters. The molecule has 0 spiro atoms. The number of hydrogen-bond donors (Lipinski definition) is 3. The zero-order chi connectivity index (χ0) is 18.4. The number of nitrogens with one attached hydrogen (secondary N) is 1. The van der Waals surface area contributed by atoms with Crippen LogP contribution < -0.4 is 5.32 Å². The van der Waals surface area contributed by atoms with Gasteiger partial charge in [0, 0.05) is 12.5 Å². The van der Waals surface area contributed by atoms with Gasteiger partial charge >= 0.3 is 5.97 Å². The molecule has 1 heterocycles. The highest BCUT2D eigenvalue weighted by molar-refractivity contribution is 5.77. The smallest absolute Gasteiger partial charge is 0.321 e. The zero-order valence-electron chi connectivity index (χ0n) is 15.5. The van der Waals surface area contributed by atoms with E-state index >= 15 is 0 Å². The molecule has 0 bridgehead atoms. The molecule has 1 saturated heterocycles. The average molecular weight is 331 g/mol. The van der Waals surface area contributed by atoms with Gasteiger partial charge in [-0.15, -0.1) is 0 Å². The Bertz CT molecular complexity index is 642. The second-order valence-electron chi connectivity index (χ2n) is 8.80. The standard InChI is InChI=1S/C20H29NO3/c1-11-10-21-16(18(23)24)15(11)12-8-13(19(2,3)4)17(22)14(9-12)20(5,6)7/h8-9,15-16,21-22H,1,10H2,2-7H3,(H,23,24)/t15?,16-/m0/s1. The molecule has 0 radical (unpaired) electrons. The number of phenols is 1. The van der Waals surface area contributed by atoms with Crippen LogP contribution in [0.5, 0.6) is 5.75 Å². The summed E-state index contributed by atoms with van der Waals surface area (Å²) in [5.41, 5.74) is 2.97. The van der Waals surface area contributed by atoms with Crippen molar-refractivity contribution < 1.29 is 15.0 Å². The molecule has 3 N–H and O–H groups in total. The molecule has 1 aliphatic heterocycles. The molecule has 4 nitrogen and oxygen atoms in total. The van der Waals surface area contributed by atoms with Gasteiger partial charge in [-0.2, -0.15) is 0 Å². The normalized spacial score (nSPS) is 22.0. The fraction of sp³-hybridized carbons (Fsp3) is 0.550. The van der Waals surface area contributed by atoms with Crippen molar-refractivity contribution in [2.75, 3.05) is 6.54 Å². The van der Waals surface area contributed by atoms with Crippen molar-refractivity contribution in [3.05, 3.63) is 41.0 Å². The van der Waals surface area contributed by atoms with E-state index in [4.69, 9.17) is 0 Å². The van der Waals surface area contributed by atoms with E-state index in [1.807, 2.05) is 12.1 Å². The lowest BCUT2D eigenvalue weighted by Gasteiger charge is -2.30. The molecule has 1 aliphatic rings. The number of aliphatic carboxylic acids is 1. The third-order valence-electron chi connectivity index (χ3n) is 4.70. The minimum atomic E-state index is -0.874. The number of rotatable bonds is 2. The maximum absolute atomic E-state index is 11.6. The number of hydrogen-bond acceptors (Lipinski definition) is 3. The van der Waals surface area contributed by atoms with E-state index in [9.17, 15) is 15.0 Å².